The summed E-state index contributed by atoms with van der Waals surface area (Å²) in [4.78, 5) is 34.4. The summed E-state index contributed by atoms with van der Waals surface area (Å²) in [5.41, 5.74) is -0.992. The molecule has 3 amide bonds. The molecule has 3 N–H and O–H groups in total. The van der Waals surface area contributed by atoms with Crippen molar-refractivity contribution in [1.82, 2.24) is 10.6 Å². The van der Waals surface area contributed by atoms with E-state index in [1.54, 1.807) is 13.8 Å². The molecule has 0 atom stereocenters. The molecule has 0 saturated carbocycles. The monoisotopic (exact) mass is 300 g/mol. The number of imide groups is 1. The van der Waals surface area contributed by atoms with Gasteiger partial charge in [0.2, 0.25) is 5.91 Å². The number of hydrogen-bond donors (Lipinski definition) is 3. The lowest BCUT2D eigenvalue weighted by molar-refractivity contribution is -0.139. The molecule has 6 nitrogen and oxygen atoms in total. The van der Waals surface area contributed by atoms with Crippen LogP contribution in [0.25, 0.3) is 0 Å². The molecule has 0 rings (SSSR count). The molecular formula is C15H28N2O4. The van der Waals surface area contributed by atoms with Gasteiger partial charge in [0.25, 0.3) is 0 Å². The van der Waals surface area contributed by atoms with Crippen molar-refractivity contribution in [2.45, 2.75) is 72.3 Å². The van der Waals surface area contributed by atoms with E-state index in [2.05, 4.69) is 10.6 Å². The topological polar surface area (TPSA) is 95.5 Å². The number of carboxylic acids is 1. The number of carbonyl (C=O) groups is 3. The number of amides is 3. The lowest BCUT2D eigenvalue weighted by Crippen LogP contribution is -2.52. The normalized spacial score (nSPS) is 11.9. The summed E-state index contributed by atoms with van der Waals surface area (Å²) in [5, 5.41) is 13.9. The van der Waals surface area contributed by atoms with Gasteiger partial charge in [0.1, 0.15) is 0 Å². The SMILES string of the molecule is CCC(CC)(CC)NC(=O)NC(=O)CC(C)(C)CC(=O)O. The van der Waals surface area contributed by atoms with Crippen LogP contribution in [0.2, 0.25) is 0 Å². The van der Waals surface area contributed by atoms with Gasteiger partial charge in [-0.05, 0) is 24.7 Å². The fourth-order valence-electron chi connectivity index (χ4n) is 2.36. The van der Waals surface area contributed by atoms with Crippen molar-refractivity contribution in [3.05, 3.63) is 0 Å². The van der Waals surface area contributed by atoms with Crippen LogP contribution in [0.3, 0.4) is 0 Å². The maximum absolute atomic E-state index is 11.9. The lowest BCUT2D eigenvalue weighted by Gasteiger charge is -2.31. The summed E-state index contributed by atoms with van der Waals surface area (Å²) < 4.78 is 0. The molecule has 0 bridgehead atoms. The minimum Gasteiger partial charge on any atom is -0.481 e. The Bertz CT molecular complexity index is 379. The highest BCUT2D eigenvalue weighted by atomic mass is 16.4. The molecule has 0 spiro atoms. The van der Waals surface area contributed by atoms with Gasteiger partial charge in [-0.3, -0.25) is 14.9 Å². The average Bonchev–Trinajstić information content (AvgIpc) is 2.33. The first kappa shape index (κ1) is 19.4. The van der Waals surface area contributed by atoms with E-state index >= 15 is 0 Å². The fraction of sp³-hybridized carbons (Fsp3) is 0.800. The van der Waals surface area contributed by atoms with Crippen LogP contribution in [0.15, 0.2) is 0 Å². The van der Waals surface area contributed by atoms with Gasteiger partial charge in [0.15, 0.2) is 0 Å². The Morgan fingerprint density at radius 3 is 1.81 bits per heavy atom. The molecule has 21 heavy (non-hydrogen) atoms. The van der Waals surface area contributed by atoms with Gasteiger partial charge >= 0.3 is 12.0 Å². The number of aliphatic carboxylic acids is 1. The Kier molecular flexibility index (Phi) is 7.39. The first-order valence-corrected chi connectivity index (χ1v) is 7.43. The van der Waals surface area contributed by atoms with E-state index in [1.807, 2.05) is 20.8 Å². The summed E-state index contributed by atoms with van der Waals surface area (Å²) in [7, 11) is 0. The third-order valence-corrected chi connectivity index (χ3v) is 3.93. The van der Waals surface area contributed by atoms with Crippen LogP contribution >= 0.6 is 0 Å². The molecule has 0 aromatic heterocycles. The van der Waals surface area contributed by atoms with E-state index in [0.717, 1.165) is 19.3 Å². The number of nitrogens with one attached hydrogen (secondary N) is 2. The zero-order valence-electron chi connectivity index (χ0n) is 13.7. The largest absolute Gasteiger partial charge is 0.481 e. The first-order chi connectivity index (χ1) is 9.59. The van der Waals surface area contributed by atoms with Crippen molar-refractivity contribution in [1.29, 1.82) is 0 Å². The van der Waals surface area contributed by atoms with Crippen LogP contribution in [-0.4, -0.2) is 28.6 Å². The molecular weight excluding hydrogens is 272 g/mol. The summed E-state index contributed by atoms with van der Waals surface area (Å²) in [6, 6.07) is -0.517. The van der Waals surface area contributed by atoms with Gasteiger partial charge in [-0.2, -0.15) is 0 Å². The molecule has 6 heteroatoms. The Hall–Kier alpha value is -1.59. The second-order valence-corrected chi connectivity index (χ2v) is 6.25. The second-order valence-electron chi connectivity index (χ2n) is 6.25. The van der Waals surface area contributed by atoms with Gasteiger partial charge < -0.3 is 10.4 Å². The third kappa shape index (κ3) is 7.11. The summed E-state index contributed by atoms with van der Waals surface area (Å²) in [5.74, 6) is -1.42. The van der Waals surface area contributed by atoms with E-state index in [1.165, 1.54) is 0 Å². The Morgan fingerprint density at radius 2 is 1.43 bits per heavy atom. The predicted molar refractivity (Wildman–Crippen MR) is 80.9 cm³/mol. The van der Waals surface area contributed by atoms with Crippen molar-refractivity contribution in [2.24, 2.45) is 5.41 Å². The van der Waals surface area contributed by atoms with E-state index in [-0.39, 0.29) is 18.4 Å². The highest BCUT2D eigenvalue weighted by molar-refractivity contribution is 5.95. The van der Waals surface area contributed by atoms with Crippen molar-refractivity contribution in [2.75, 3.05) is 0 Å². The van der Waals surface area contributed by atoms with Gasteiger partial charge in [-0.15, -0.1) is 0 Å². The third-order valence-electron chi connectivity index (χ3n) is 3.93. The zero-order valence-corrected chi connectivity index (χ0v) is 13.7. The second kappa shape index (κ2) is 8.00. The smallest absolute Gasteiger partial charge is 0.321 e. The minimum absolute atomic E-state index is 0.00983. The van der Waals surface area contributed by atoms with Crippen molar-refractivity contribution < 1.29 is 19.5 Å². The standard InChI is InChI=1S/C15H28N2O4/c1-6-15(7-2,8-3)17-13(21)16-11(18)9-14(4,5)10-12(19)20/h6-10H2,1-5H3,(H,19,20)(H2,16,17,18,21). The Morgan fingerprint density at radius 1 is 0.952 bits per heavy atom. The maximum atomic E-state index is 11.9. The molecule has 0 radical (unpaired) electrons. The molecule has 0 saturated heterocycles. The van der Waals surface area contributed by atoms with Crippen LogP contribution in [-0.2, 0) is 9.59 Å². The minimum atomic E-state index is -0.959. The quantitative estimate of drug-likeness (QED) is 0.642. The Labute approximate surface area is 126 Å². The molecule has 0 fully saturated rings. The summed E-state index contributed by atoms with van der Waals surface area (Å²) in [6.45, 7) is 9.35. The van der Waals surface area contributed by atoms with Gasteiger partial charge in [0.05, 0.1) is 6.42 Å². The van der Waals surface area contributed by atoms with Crippen molar-refractivity contribution in [3.63, 3.8) is 0 Å². The highest BCUT2D eigenvalue weighted by Crippen LogP contribution is 2.24. The van der Waals surface area contributed by atoms with E-state index < -0.39 is 23.3 Å². The van der Waals surface area contributed by atoms with Crippen LogP contribution in [0, 0.1) is 5.41 Å². The van der Waals surface area contributed by atoms with E-state index in [9.17, 15) is 14.4 Å². The van der Waals surface area contributed by atoms with E-state index in [0.29, 0.717) is 0 Å². The number of carboxylic acid groups (broad SMARTS) is 1. The maximum Gasteiger partial charge on any atom is 0.321 e. The molecule has 0 heterocycles. The van der Waals surface area contributed by atoms with Crippen LogP contribution < -0.4 is 10.6 Å². The number of rotatable bonds is 8. The van der Waals surface area contributed by atoms with Gasteiger partial charge in [-0.1, -0.05) is 34.6 Å². The molecule has 0 aliphatic heterocycles. The van der Waals surface area contributed by atoms with Crippen LogP contribution in [0.4, 0.5) is 4.79 Å². The molecule has 0 aliphatic rings. The zero-order chi connectivity index (χ0) is 16.7. The molecule has 122 valence electrons. The molecule has 0 aromatic rings. The fourth-order valence-corrected chi connectivity index (χ4v) is 2.36. The average molecular weight is 300 g/mol. The predicted octanol–water partition coefficient (Wildman–Crippen LogP) is 2.67. The number of urea groups is 1. The van der Waals surface area contributed by atoms with Gasteiger partial charge in [-0.25, -0.2) is 4.79 Å². The van der Waals surface area contributed by atoms with Crippen LogP contribution in [0.1, 0.15) is 66.7 Å². The van der Waals surface area contributed by atoms with E-state index in [4.69, 9.17) is 5.11 Å². The molecule has 0 unspecified atom stereocenters. The molecule has 0 aliphatic carbocycles. The van der Waals surface area contributed by atoms with Gasteiger partial charge in [0, 0.05) is 12.0 Å². The first-order valence-electron chi connectivity index (χ1n) is 7.43. The van der Waals surface area contributed by atoms with Crippen molar-refractivity contribution in [3.8, 4) is 0 Å². The molecule has 0 aromatic carbocycles. The Balaban J connectivity index is 4.52. The van der Waals surface area contributed by atoms with Crippen molar-refractivity contribution >= 4 is 17.9 Å². The number of hydrogen-bond acceptors (Lipinski definition) is 3. The lowest BCUT2D eigenvalue weighted by atomic mass is 9.85. The summed E-state index contributed by atoms with van der Waals surface area (Å²) >= 11 is 0. The highest BCUT2D eigenvalue weighted by Gasteiger charge is 2.29. The summed E-state index contributed by atoms with van der Waals surface area (Å²) in [6.07, 6.45) is 2.22. The van der Waals surface area contributed by atoms with Crippen LogP contribution in [0.5, 0.6) is 0 Å². The number of carbonyl (C=O) groups excluding carboxylic acids is 2.